The number of carbonyl (C=O) groups excluding carboxylic acids is 4. The summed E-state index contributed by atoms with van der Waals surface area (Å²) in [5.74, 6) is -1.67. The van der Waals surface area contributed by atoms with Crippen LogP contribution in [-0.2, 0) is 25.7 Å². The average molecular weight is 391 g/mol. The lowest BCUT2D eigenvalue weighted by Crippen LogP contribution is -2.54. The number of esters is 1. The summed E-state index contributed by atoms with van der Waals surface area (Å²) in [5.41, 5.74) is -0.0688. The number of urea groups is 1. The molecule has 0 atom stereocenters. The van der Waals surface area contributed by atoms with Gasteiger partial charge in [0.25, 0.3) is 11.8 Å². The van der Waals surface area contributed by atoms with Crippen molar-refractivity contribution < 1.29 is 23.9 Å². The topological polar surface area (TPSA) is 96.0 Å². The van der Waals surface area contributed by atoms with E-state index in [0.29, 0.717) is 32.5 Å². The number of imide groups is 2. The van der Waals surface area contributed by atoms with Gasteiger partial charge < -0.3 is 9.64 Å². The Kier molecular flexibility index (Phi) is 5.90. The SMILES string of the molecule is CCOC(=O)C1CCN(/C=C2/C(=O)NC(=O)N(Cc3cccs3)C2=O)CC1. The average Bonchev–Trinajstić information content (AvgIpc) is 3.16. The van der Waals surface area contributed by atoms with Gasteiger partial charge in [0, 0.05) is 24.2 Å². The van der Waals surface area contributed by atoms with Crippen molar-refractivity contribution >= 4 is 35.2 Å². The Morgan fingerprint density at radius 1 is 1.33 bits per heavy atom. The van der Waals surface area contributed by atoms with Crippen LogP contribution in [0.5, 0.6) is 0 Å². The first-order valence-electron chi connectivity index (χ1n) is 8.81. The summed E-state index contributed by atoms with van der Waals surface area (Å²) >= 11 is 1.43. The van der Waals surface area contributed by atoms with Crippen molar-refractivity contribution in [2.24, 2.45) is 5.92 Å². The van der Waals surface area contributed by atoms with Crippen molar-refractivity contribution in [2.45, 2.75) is 26.3 Å². The number of amides is 4. The number of hydrogen-bond acceptors (Lipinski definition) is 7. The lowest BCUT2D eigenvalue weighted by molar-refractivity contribution is -0.149. The van der Waals surface area contributed by atoms with Crippen LogP contribution >= 0.6 is 11.3 Å². The summed E-state index contributed by atoms with van der Waals surface area (Å²) in [6.45, 7) is 3.32. The standard InChI is InChI=1S/C18H21N3O5S/c1-2-26-17(24)12-5-7-20(8-6-12)11-14-15(22)19-18(25)21(16(14)23)10-13-4-3-9-27-13/h3-4,9,11-12H,2,5-8,10H2,1H3,(H,19,22,25)/b14-11-. The quantitative estimate of drug-likeness (QED) is 0.464. The molecule has 27 heavy (non-hydrogen) atoms. The van der Waals surface area contributed by atoms with Crippen molar-refractivity contribution in [3.63, 3.8) is 0 Å². The summed E-state index contributed by atoms with van der Waals surface area (Å²) < 4.78 is 5.04. The Hall–Kier alpha value is -2.68. The highest BCUT2D eigenvalue weighted by molar-refractivity contribution is 7.09. The van der Waals surface area contributed by atoms with Gasteiger partial charge in [-0.3, -0.25) is 24.6 Å². The molecule has 2 aliphatic heterocycles. The van der Waals surface area contributed by atoms with Crippen LogP contribution in [0.1, 0.15) is 24.6 Å². The van der Waals surface area contributed by atoms with Gasteiger partial charge >= 0.3 is 12.0 Å². The zero-order chi connectivity index (χ0) is 19.4. The van der Waals surface area contributed by atoms with Gasteiger partial charge in [0.2, 0.25) is 0 Å². The zero-order valence-electron chi connectivity index (χ0n) is 15.0. The lowest BCUT2D eigenvalue weighted by atomic mass is 9.97. The second-order valence-electron chi connectivity index (χ2n) is 6.34. The Balaban J connectivity index is 1.67. The van der Waals surface area contributed by atoms with Crippen LogP contribution in [0.15, 0.2) is 29.3 Å². The molecule has 0 aromatic carbocycles. The van der Waals surface area contributed by atoms with Crippen LogP contribution in [0.2, 0.25) is 0 Å². The highest BCUT2D eigenvalue weighted by atomic mass is 32.1. The largest absolute Gasteiger partial charge is 0.466 e. The van der Waals surface area contributed by atoms with Gasteiger partial charge in [0.15, 0.2) is 0 Å². The van der Waals surface area contributed by atoms with E-state index in [1.165, 1.54) is 17.5 Å². The predicted octanol–water partition coefficient (Wildman–Crippen LogP) is 1.49. The molecular formula is C18H21N3O5S. The van der Waals surface area contributed by atoms with Crippen molar-refractivity contribution in [1.82, 2.24) is 15.1 Å². The third-order valence-electron chi connectivity index (χ3n) is 4.54. The molecule has 0 aliphatic carbocycles. The molecule has 8 nitrogen and oxygen atoms in total. The summed E-state index contributed by atoms with van der Waals surface area (Å²) in [6.07, 6.45) is 2.68. The second kappa shape index (κ2) is 8.34. The predicted molar refractivity (Wildman–Crippen MR) is 97.4 cm³/mol. The molecule has 1 aromatic rings. The van der Waals surface area contributed by atoms with E-state index < -0.39 is 17.8 Å². The van der Waals surface area contributed by atoms with Crippen molar-refractivity contribution in [2.75, 3.05) is 19.7 Å². The molecule has 0 spiro atoms. The summed E-state index contributed by atoms with van der Waals surface area (Å²) in [6, 6.07) is 2.95. The van der Waals surface area contributed by atoms with Gasteiger partial charge in [0.1, 0.15) is 5.57 Å². The fourth-order valence-electron chi connectivity index (χ4n) is 3.09. The summed E-state index contributed by atoms with van der Waals surface area (Å²) in [5, 5.41) is 4.08. The molecule has 1 N–H and O–H groups in total. The molecule has 0 radical (unpaired) electrons. The van der Waals surface area contributed by atoms with Gasteiger partial charge in [-0.15, -0.1) is 11.3 Å². The second-order valence-corrected chi connectivity index (χ2v) is 7.37. The van der Waals surface area contributed by atoms with Crippen LogP contribution in [0, 0.1) is 5.92 Å². The maximum Gasteiger partial charge on any atom is 0.331 e. The van der Waals surface area contributed by atoms with E-state index in [2.05, 4.69) is 5.32 Å². The number of piperidine rings is 1. The Labute approximate surface area is 160 Å². The molecule has 2 saturated heterocycles. The summed E-state index contributed by atoms with van der Waals surface area (Å²) in [4.78, 5) is 52.4. The third kappa shape index (κ3) is 4.36. The van der Waals surface area contributed by atoms with Gasteiger partial charge in [0.05, 0.1) is 19.1 Å². The first-order valence-corrected chi connectivity index (χ1v) is 9.69. The van der Waals surface area contributed by atoms with Crippen LogP contribution in [0.4, 0.5) is 4.79 Å². The lowest BCUT2D eigenvalue weighted by Gasteiger charge is -2.32. The Morgan fingerprint density at radius 2 is 2.07 bits per heavy atom. The fraction of sp³-hybridized carbons (Fsp3) is 0.444. The Bertz CT molecular complexity index is 766. The van der Waals surface area contributed by atoms with E-state index in [0.717, 1.165) is 9.78 Å². The molecular weight excluding hydrogens is 370 g/mol. The number of ether oxygens (including phenoxy) is 1. The smallest absolute Gasteiger partial charge is 0.331 e. The molecule has 0 bridgehead atoms. The first kappa shape index (κ1) is 19.1. The first-order chi connectivity index (χ1) is 13.0. The number of hydrogen-bond donors (Lipinski definition) is 1. The Morgan fingerprint density at radius 3 is 2.70 bits per heavy atom. The number of likely N-dealkylation sites (tertiary alicyclic amines) is 1. The van der Waals surface area contributed by atoms with Crippen molar-refractivity contribution in [3.8, 4) is 0 Å². The van der Waals surface area contributed by atoms with Gasteiger partial charge in [-0.05, 0) is 31.2 Å². The monoisotopic (exact) mass is 391 g/mol. The molecule has 3 rings (SSSR count). The highest BCUT2D eigenvalue weighted by Crippen LogP contribution is 2.21. The molecule has 1 aromatic heterocycles. The molecule has 144 valence electrons. The zero-order valence-corrected chi connectivity index (χ0v) is 15.8. The maximum absolute atomic E-state index is 12.7. The number of rotatable bonds is 5. The van der Waals surface area contributed by atoms with E-state index in [4.69, 9.17) is 4.74 Å². The number of nitrogens with one attached hydrogen (secondary N) is 1. The van der Waals surface area contributed by atoms with Crippen molar-refractivity contribution in [3.05, 3.63) is 34.2 Å². The van der Waals surface area contributed by atoms with E-state index >= 15 is 0 Å². The number of barbiturate groups is 1. The van der Waals surface area contributed by atoms with Crippen LogP contribution < -0.4 is 5.32 Å². The normalized spacial score (nSPS) is 20.2. The minimum atomic E-state index is -0.712. The van der Waals surface area contributed by atoms with Gasteiger partial charge in [-0.2, -0.15) is 0 Å². The third-order valence-corrected chi connectivity index (χ3v) is 5.40. The summed E-state index contributed by atoms with van der Waals surface area (Å²) in [7, 11) is 0. The van der Waals surface area contributed by atoms with Crippen molar-refractivity contribution in [1.29, 1.82) is 0 Å². The van der Waals surface area contributed by atoms with Crippen LogP contribution in [0.25, 0.3) is 0 Å². The molecule has 2 fully saturated rings. The minimum absolute atomic E-state index is 0.0688. The molecule has 2 aliphatic rings. The number of nitrogens with zero attached hydrogens (tertiary/aromatic N) is 2. The van der Waals surface area contributed by atoms with Gasteiger partial charge in [-0.25, -0.2) is 4.79 Å². The molecule has 0 saturated carbocycles. The number of carbonyl (C=O) groups is 4. The van der Waals surface area contributed by atoms with E-state index in [1.54, 1.807) is 6.92 Å². The minimum Gasteiger partial charge on any atom is -0.466 e. The van der Waals surface area contributed by atoms with Gasteiger partial charge in [-0.1, -0.05) is 6.07 Å². The molecule has 4 amide bonds. The number of thiophene rings is 1. The van der Waals surface area contributed by atoms with E-state index in [9.17, 15) is 19.2 Å². The fourth-order valence-corrected chi connectivity index (χ4v) is 3.78. The molecule has 0 unspecified atom stereocenters. The van der Waals surface area contributed by atoms with Crippen LogP contribution in [-0.4, -0.2) is 53.3 Å². The van der Waals surface area contributed by atoms with E-state index in [-0.39, 0.29) is 24.0 Å². The highest BCUT2D eigenvalue weighted by Gasteiger charge is 2.37. The molecule has 3 heterocycles. The van der Waals surface area contributed by atoms with E-state index in [1.807, 2.05) is 22.4 Å². The maximum atomic E-state index is 12.7. The molecule has 9 heteroatoms. The van der Waals surface area contributed by atoms with Crippen LogP contribution in [0.3, 0.4) is 0 Å².